The molecule has 2 aliphatic rings. The summed E-state index contributed by atoms with van der Waals surface area (Å²) in [5.74, 6) is 0. The van der Waals surface area contributed by atoms with Gasteiger partial charge in [0.25, 0.3) is 0 Å². The minimum atomic E-state index is -0.368. The first kappa shape index (κ1) is 12.4. The Kier molecular flexibility index (Phi) is 3.40. The van der Waals surface area contributed by atoms with E-state index in [0.717, 1.165) is 17.5 Å². The molecule has 2 fully saturated rings. The van der Waals surface area contributed by atoms with Crippen molar-refractivity contribution in [1.82, 2.24) is 5.32 Å². The molecule has 5 heteroatoms. The van der Waals surface area contributed by atoms with Crippen molar-refractivity contribution in [3.05, 3.63) is 35.4 Å². The van der Waals surface area contributed by atoms with Crippen LogP contribution in [0.3, 0.4) is 0 Å². The molecule has 2 aliphatic heterocycles. The minimum absolute atomic E-state index is 0.0315. The molecule has 0 saturated carbocycles. The van der Waals surface area contributed by atoms with Gasteiger partial charge in [-0.1, -0.05) is 18.2 Å². The first-order valence-electron chi connectivity index (χ1n) is 6.54. The Morgan fingerprint density at radius 1 is 1.21 bits per heavy atom. The summed E-state index contributed by atoms with van der Waals surface area (Å²) in [6.07, 6.45) is -0.00428. The van der Waals surface area contributed by atoms with E-state index in [9.17, 15) is 4.79 Å². The summed E-state index contributed by atoms with van der Waals surface area (Å²) in [6.45, 7) is 3.35. The van der Waals surface area contributed by atoms with Gasteiger partial charge in [-0.3, -0.25) is 0 Å². The van der Waals surface area contributed by atoms with Gasteiger partial charge in [-0.15, -0.1) is 0 Å². The van der Waals surface area contributed by atoms with Crippen molar-refractivity contribution in [1.29, 1.82) is 0 Å². The zero-order valence-corrected chi connectivity index (χ0v) is 10.8. The van der Waals surface area contributed by atoms with Crippen molar-refractivity contribution in [2.75, 3.05) is 13.2 Å². The normalized spacial score (nSPS) is 27.9. The summed E-state index contributed by atoms with van der Waals surface area (Å²) in [5.41, 5.74) is 1.92. The lowest BCUT2D eigenvalue weighted by molar-refractivity contribution is -0.183. The van der Waals surface area contributed by atoms with Gasteiger partial charge in [0.2, 0.25) is 0 Å². The summed E-state index contributed by atoms with van der Waals surface area (Å²) in [7, 11) is 0. The fraction of sp³-hybridized carbons (Fsp3) is 0.500. The van der Waals surface area contributed by atoms with Crippen LogP contribution in [0.15, 0.2) is 24.3 Å². The Hall–Kier alpha value is -1.59. The lowest BCUT2D eigenvalue weighted by Crippen LogP contribution is -2.24. The molecule has 2 heterocycles. The largest absolute Gasteiger partial charge is 0.439 e. The average Bonchev–Trinajstić information content (AvgIpc) is 2.79. The molecule has 102 valence electrons. The van der Waals surface area contributed by atoms with Gasteiger partial charge in [-0.2, -0.15) is 0 Å². The maximum Gasteiger partial charge on any atom is 0.408 e. The third kappa shape index (κ3) is 2.57. The molecule has 0 aromatic heterocycles. The van der Waals surface area contributed by atoms with Gasteiger partial charge < -0.3 is 19.5 Å². The van der Waals surface area contributed by atoms with Crippen LogP contribution in [0.5, 0.6) is 0 Å². The third-order valence-corrected chi connectivity index (χ3v) is 3.37. The van der Waals surface area contributed by atoms with Crippen molar-refractivity contribution in [2.24, 2.45) is 0 Å². The fourth-order valence-electron chi connectivity index (χ4n) is 2.43. The molecule has 0 bridgehead atoms. The van der Waals surface area contributed by atoms with Crippen LogP contribution < -0.4 is 5.32 Å². The Bertz CT molecular complexity index is 470. The van der Waals surface area contributed by atoms with Gasteiger partial charge in [0.1, 0.15) is 6.10 Å². The van der Waals surface area contributed by atoms with E-state index in [2.05, 4.69) is 5.32 Å². The fourth-order valence-corrected chi connectivity index (χ4v) is 2.43. The van der Waals surface area contributed by atoms with Crippen LogP contribution in [0.1, 0.15) is 36.9 Å². The molecule has 0 radical (unpaired) electrons. The molecular weight excluding hydrogens is 246 g/mol. The van der Waals surface area contributed by atoms with E-state index in [0.29, 0.717) is 13.2 Å². The number of nitrogens with one attached hydrogen (secondary N) is 1. The first-order valence-corrected chi connectivity index (χ1v) is 6.54. The molecule has 1 aromatic carbocycles. The van der Waals surface area contributed by atoms with E-state index in [1.54, 1.807) is 0 Å². The van der Waals surface area contributed by atoms with Crippen LogP contribution >= 0.6 is 0 Å². The zero-order valence-electron chi connectivity index (χ0n) is 10.8. The molecule has 2 atom stereocenters. The van der Waals surface area contributed by atoms with Crippen LogP contribution in [0.25, 0.3) is 0 Å². The number of carbonyl (C=O) groups excluding carboxylic acids is 1. The second-order valence-electron chi connectivity index (χ2n) is 4.86. The quantitative estimate of drug-likeness (QED) is 0.889. The minimum Gasteiger partial charge on any atom is -0.439 e. The number of hydrogen-bond acceptors (Lipinski definition) is 4. The summed E-state index contributed by atoms with van der Waals surface area (Å²) >= 11 is 0. The van der Waals surface area contributed by atoms with E-state index >= 15 is 0 Å². The summed E-state index contributed by atoms with van der Waals surface area (Å²) in [4.78, 5) is 11.2. The van der Waals surface area contributed by atoms with Gasteiger partial charge in [-0.05, 0) is 25.0 Å². The number of carbonyl (C=O) groups is 1. The molecule has 1 aromatic rings. The van der Waals surface area contributed by atoms with E-state index in [1.165, 1.54) is 0 Å². The highest BCUT2D eigenvalue weighted by atomic mass is 16.7. The molecule has 0 spiro atoms. The van der Waals surface area contributed by atoms with E-state index in [4.69, 9.17) is 14.2 Å². The maximum atomic E-state index is 11.2. The molecular formula is C14H17NO4. The number of alkyl carbamates (subject to hydrolysis) is 1. The molecule has 3 rings (SSSR count). The number of amides is 1. The summed E-state index contributed by atoms with van der Waals surface area (Å²) < 4.78 is 16.4. The average molecular weight is 263 g/mol. The van der Waals surface area contributed by atoms with Crippen molar-refractivity contribution < 1.29 is 19.0 Å². The zero-order chi connectivity index (χ0) is 13.2. The van der Waals surface area contributed by atoms with Crippen LogP contribution in [-0.4, -0.2) is 25.3 Å². The monoisotopic (exact) mass is 263 g/mol. The second-order valence-corrected chi connectivity index (χ2v) is 4.86. The highest BCUT2D eigenvalue weighted by Crippen LogP contribution is 2.30. The third-order valence-electron chi connectivity index (χ3n) is 3.37. The lowest BCUT2D eigenvalue weighted by Gasteiger charge is -2.24. The molecule has 0 aliphatic carbocycles. The highest BCUT2D eigenvalue weighted by molar-refractivity contribution is 5.70. The number of cyclic esters (lactones) is 1. The number of benzene rings is 1. The Morgan fingerprint density at radius 3 is 2.63 bits per heavy atom. The SMILES string of the molecule is C[C@@H]1NC(=O)O[C@@H]1c1cccc(C2OCCCO2)c1. The number of rotatable bonds is 2. The molecule has 1 N–H and O–H groups in total. The van der Waals surface area contributed by atoms with Crippen LogP contribution in [0.2, 0.25) is 0 Å². The van der Waals surface area contributed by atoms with Gasteiger partial charge in [0.05, 0.1) is 19.3 Å². The smallest absolute Gasteiger partial charge is 0.408 e. The number of ether oxygens (including phenoxy) is 3. The summed E-state index contributed by atoms with van der Waals surface area (Å²) in [6, 6.07) is 7.81. The molecule has 2 saturated heterocycles. The molecule has 5 nitrogen and oxygen atoms in total. The van der Waals surface area contributed by atoms with Crippen molar-refractivity contribution >= 4 is 6.09 Å². The van der Waals surface area contributed by atoms with Gasteiger partial charge in [0.15, 0.2) is 6.29 Å². The highest BCUT2D eigenvalue weighted by Gasteiger charge is 2.32. The Morgan fingerprint density at radius 2 is 1.95 bits per heavy atom. The van der Waals surface area contributed by atoms with E-state index < -0.39 is 0 Å². The van der Waals surface area contributed by atoms with Gasteiger partial charge in [0, 0.05) is 5.56 Å². The Labute approximate surface area is 111 Å². The van der Waals surface area contributed by atoms with Crippen LogP contribution in [0.4, 0.5) is 4.79 Å². The maximum absolute atomic E-state index is 11.2. The Balaban J connectivity index is 1.81. The predicted octanol–water partition coefficient (Wildman–Crippen LogP) is 2.29. The van der Waals surface area contributed by atoms with Gasteiger partial charge >= 0.3 is 6.09 Å². The second kappa shape index (κ2) is 5.19. The summed E-state index contributed by atoms with van der Waals surface area (Å²) in [5, 5.41) is 2.74. The lowest BCUT2D eigenvalue weighted by atomic mass is 10.0. The molecule has 0 unspecified atom stereocenters. The predicted molar refractivity (Wildman–Crippen MR) is 67.5 cm³/mol. The van der Waals surface area contributed by atoms with Crippen LogP contribution in [0, 0.1) is 0 Å². The van der Waals surface area contributed by atoms with Crippen molar-refractivity contribution in [3.63, 3.8) is 0 Å². The van der Waals surface area contributed by atoms with Gasteiger partial charge in [-0.25, -0.2) is 4.79 Å². The van der Waals surface area contributed by atoms with E-state index in [-0.39, 0.29) is 24.5 Å². The van der Waals surface area contributed by atoms with Crippen LogP contribution in [-0.2, 0) is 14.2 Å². The molecule has 1 amide bonds. The molecule has 19 heavy (non-hydrogen) atoms. The number of hydrogen-bond donors (Lipinski definition) is 1. The standard InChI is InChI=1S/C14H17NO4/c1-9-12(19-14(16)15-9)10-4-2-5-11(8-10)13-17-6-3-7-18-13/h2,4-5,8-9,12-13H,3,6-7H2,1H3,(H,15,16)/t9-,12-/m0/s1. The topological polar surface area (TPSA) is 56.8 Å². The van der Waals surface area contributed by atoms with Crippen molar-refractivity contribution in [2.45, 2.75) is 31.8 Å². The van der Waals surface area contributed by atoms with Crippen molar-refractivity contribution in [3.8, 4) is 0 Å². The first-order chi connectivity index (χ1) is 9.24. The van der Waals surface area contributed by atoms with E-state index in [1.807, 2.05) is 31.2 Å².